The maximum atomic E-state index is 5.72. The summed E-state index contributed by atoms with van der Waals surface area (Å²) in [5.74, 6) is 2.18. The minimum absolute atomic E-state index is 0.645. The van der Waals surface area contributed by atoms with Crippen LogP contribution in [0.1, 0.15) is 0 Å². The fourth-order valence-electron chi connectivity index (χ4n) is 4.49. The molecule has 0 atom stereocenters. The molecule has 11 heteroatoms. The second-order valence-corrected chi connectivity index (χ2v) is 9.87. The molecule has 4 aromatic rings. The summed E-state index contributed by atoms with van der Waals surface area (Å²) in [5.41, 5.74) is 4.42. The van der Waals surface area contributed by atoms with E-state index >= 15 is 0 Å². The zero-order valence-electron chi connectivity index (χ0n) is 23.0. The lowest BCUT2D eigenvalue weighted by Gasteiger charge is -2.37. The number of piperazine rings is 1. The predicted octanol–water partition coefficient (Wildman–Crippen LogP) is 5.65. The average Bonchev–Trinajstić information content (AvgIpc) is 3.00. The first kappa shape index (κ1) is 27.1. The largest absolute Gasteiger partial charge is 0.493 e. The van der Waals surface area contributed by atoms with Crippen LogP contribution in [0.25, 0.3) is 10.9 Å². The normalized spacial score (nSPS) is 13.5. The van der Waals surface area contributed by atoms with E-state index < -0.39 is 0 Å². The second-order valence-electron chi connectivity index (χ2n) is 9.48. The second kappa shape index (κ2) is 12.1. The lowest BCUT2D eigenvalue weighted by Crippen LogP contribution is -2.50. The van der Waals surface area contributed by atoms with E-state index in [1.807, 2.05) is 79.7 Å². The SMILES string of the molecule is COc1cc2ncnc(N3CCN(C(=S)Nc4ccc(N=Nc5ccc(N(C)C)cc5)cc4)CC3)c2cc1OC. The third-order valence-corrected chi connectivity index (χ3v) is 7.11. The first-order valence-corrected chi connectivity index (χ1v) is 13.3. The number of hydrogen-bond donors (Lipinski definition) is 1. The molecule has 206 valence electrons. The highest BCUT2D eigenvalue weighted by Gasteiger charge is 2.22. The van der Waals surface area contributed by atoms with Gasteiger partial charge >= 0.3 is 0 Å². The Hall–Kier alpha value is -4.51. The van der Waals surface area contributed by atoms with E-state index in [1.54, 1.807) is 20.5 Å². The molecule has 0 amide bonds. The molecule has 0 unspecified atom stereocenters. The quantitative estimate of drug-likeness (QED) is 0.229. The minimum atomic E-state index is 0.645. The van der Waals surface area contributed by atoms with Gasteiger partial charge in [-0.3, -0.25) is 0 Å². The van der Waals surface area contributed by atoms with Gasteiger partial charge in [0.05, 0.1) is 31.1 Å². The molecule has 1 aliphatic heterocycles. The summed E-state index contributed by atoms with van der Waals surface area (Å²) in [6, 6.07) is 19.5. The Bertz CT molecular complexity index is 1500. The number of azo groups is 1. The van der Waals surface area contributed by atoms with Gasteiger partial charge in [-0.25, -0.2) is 9.97 Å². The number of ether oxygens (including phenoxy) is 2. The van der Waals surface area contributed by atoms with Crippen molar-refractivity contribution in [2.75, 3.05) is 69.6 Å². The van der Waals surface area contributed by atoms with E-state index in [-0.39, 0.29) is 0 Å². The zero-order chi connectivity index (χ0) is 28.1. The highest BCUT2D eigenvalue weighted by Crippen LogP contribution is 2.35. The number of thiocarbonyl (C=S) groups is 1. The molecule has 1 aromatic heterocycles. The molecule has 1 saturated heterocycles. The molecule has 5 rings (SSSR count). The Kier molecular flexibility index (Phi) is 8.20. The van der Waals surface area contributed by atoms with Gasteiger partial charge in [0, 0.05) is 63.1 Å². The highest BCUT2D eigenvalue weighted by atomic mass is 32.1. The molecule has 0 saturated carbocycles. The molecule has 40 heavy (non-hydrogen) atoms. The number of aromatic nitrogens is 2. The zero-order valence-corrected chi connectivity index (χ0v) is 23.9. The van der Waals surface area contributed by atoms with Crippen LogP contribution < -0.4 is 24.6 Å². The summed E-state index contributed by atoms with van der Waals surface area (Å²) in [4.78, 5) is 15.5. The molecule has 1 aliphatic rings. The molecule has 10 nitrogen and oxygen atoms in total. The molecule has 0 bridgehead atoms. The van der Waals surface area contributed by atoms with Gasteiger partial charge < -0.3 is 29.5 Å². The van der Waals surface area contributed by atoms with Gasteiger partial charge in [0.1, 0.15) is 12.1 Å². The van der Waals surface area contributed by atoms with Crippen molar-refractivity contribution in [2.45, 2.75) is 0 Å². The molecule has 0 spiro atoms. The molecular weight excluding hydrogens is 524 g/mol. The summed E-state index contributed by atoms with van der Waals surface area (Å²) in [5, 5.41) is 13.6. The number of rotatable bonds is 7. The van der Waals surface area contributed by atoms with Crippen LogP contribution in [0.3, 0.4) is 0 Å². The Morgan fingerprint density at radius 3 is 2.05 bits per heavy atom. The number of fused-ring (bicyclic) bond motifs is 1. The number of nitrogens with one attached hydrogen (secondary N) is 1. The molecule has 1 N–H and O–H groups in total. The van der Waals surface area contributed by atoms with Gasteiger partial charge in [-0.05, 0) is 66.8 Å². The monoisotopic (exact) mass is 556 g/mol. The van der Waals surface area contributed by atoms with Crippen LogP contribution in [0.4, 0.5) is 28.6 Å². The van der Waals surface area contributed by atoms with Crippen LogP contribution in [0, 0.1) is 0 Å². The van der Waals surface area contributed by atoms with E-state index in [4.69, 9.17) is 21.7 Å². The third kappa shape index (κ3) is 6.04. The van der Waals surface area contributed by atoms with E-state index in [9.17, 15) is 0 Å². The van der Waals surface area contributed by atoms with Crippen LogP contribution in [-0.4, -0.2) is 74.5 Å². The van der Waals surface area contributed by atoms with Crippen molar-refractivity contribution in [1.82, 2.24) is 14.9 Å². The van der Waals surface area contributed by atoms with Crippen LogP contribution >= 0.6 is 12.2 Å². The van der Waals surface area contributed by atoms with Crippen molar-refractivity contribution in [3.63, 3.8) is 0 Å². The summed E-state index contributed by atoms with van der Waals surface area (Å²) in [6.07, 6.45) is 1.59. The molecule has 0 aliphatic carbocycles. The van der Waals surface area contributed by atoms with Gasteiger partial charge in [0.15, 0.2) is 16.6 Å². The Morgan fingerprint density at radius 2 is 1.45 bits per heavy atom. The topological polar surface area (TPSA) is 90.7 Å². The van der Waals surface area contributed by atoms with E-state index in [2.05, 4.69) is 35.3 Å². The predicted molar refractivity (Wildman–Crippen MR) is 164 cm³/mol. The molecule has 0 radical (unpaired) electrons. The van der Waals surface area contributed by atoms with Crippen molar-refractivity contribution in [2.24, 2.45) is 10.2 Å². The van der Waals surface area contributed by atoms with Crippen LogP contribution in [-0.2, 0) is 0 Å². The van der Waals surface area contributed by atoms with Gasteiger partial charge in [0.25, 0.3) is 0 Å². The number of anilines is 3. The Labute approximate surface area is 239 Å². The van der Waals surface area contributed by atoms with E-state index in [0.29, 0.717) is 16.6 Å². The number of methoxy groups -OCH3 is 2. The van der Waals surface area contributed by atoms with Crippen molar-refractivity contribution in [1.29, 1.82) is 0 Å². The Balaban J connectivity index is 1.18. The standard InChI is InChI=1S/C29H32N8O2S/c1-35(2)23-11-9-22(10-12-23)34-33-21-7-5-20(6-8-21)32-29(40)37-15-13-36(14-16-37)28-24-17-26(38-3)27(39-4)18-25(24)30-19-31-28/h5-12,17-19H,13-16H2,1-4H3,(H,32,40). The number of hydrogen-bond acceptors (Lipinski definition) is 9. The summed E-state index contributed by atoms with van der Waals surface area (Å²) in [6.45, 7) is 3.08. The number of nitrogens with zero attached hydrogens (tertiary/aromatic N) is 7. The lowest BCUT2D eigenvalue weighted by molar-refractivity contribution is 0.355. The molecular formula is C29H32N8O2S. The maximum Gasteiger partial charge on any atom is 0.173 e. The first-order valence-electron chi connectivity index (χ1n) is 12.9. The van der Waals surface area contributed by atoms with Crippen molar-refractivity contribution >= 4 is 56.8 Å². The minimum Gasteiger partial charge on any atom is -0.493 e. The lowest BCUT2D eigenvalue weighted by atomic mass is 10.2. The molecule has 2 heterocycles. The molecule has 3 aromatic carbocycles. The van der Waals surface area contributed by atoms with Crippen molar-refractivity contribution < 1.29 is 9.47 Å². The summed E-state index contributed by atoms with van der Waals surface area (Å²) < 4.78 is 10.9. The maximum absolute atomic E-state index is 5.72. The third-order valence-electron chi connectivity index (χ3n) is 6.75. The van der Waals surface area contributed by atoms with Crippen LogP contribution in [0.15, 0.2) is 77.2 Å². The number of benzene rings is 3. The van der Waals surface area contributed by atoms with Gasteiger partial charge in [0.2, 0.25) is 0 Å². The molecule has 1 fully saturated rings. The van der Waals surface area contributed by atoms with Gasteiger partial charge in [-0.2, -0.15) is 10.2 Å². The van der Waals surface area contributed by atoms with E-state index in [1.165, 1.54) is 0 Å². The average molecular weight is 557 g/mol. The smallest absolute Gasteiger partial charge is 0.173 e. The fraction of sp³-hybridized carbons (Fsp3) is 0.276. The van der Waals surface area contributed by atoms with Crippen LogP contribution in [0.2, 0.25) is 0 Å². The van der Waals surface area contributed by atoms with E-state index in [0.717, 1.165) is 65.6 Å². The van der Waals surface area contributed by atoms with Gasteiger partial charge in [-0.1, -0.05) is 0 Å². The van der Waals surface area contributed by atoms with Crippen molar-refractivity contribution in [3.8, 4) is 11.5 Å². The van der Waals surface area contributed by atoms with Crippen LogP contribution in [0.5, 0.6) is 11.5 Å². The Morgan fingerprint density at radius 1 is 0.850 bits per heavy atom. The summed E-state index contributed by atoms with van der Waals surface area (Å²) >= 11 is 5.72. The van der Waals surface area contributed by atoms with Gasteiger partial charge in [-0.15, -0.1) is 0 Å². The fourth-order valence-corrected chi connectivity index (χ4v) is 4.79. The summed E-state index contributed by atoms with van der Waals surface area (Å²) in [7, 11) is 7.27. The first-order chi connectivity index (χ1) is 19.4. The highest BCUT2D eigenvalue weighted by molar-refractivity contribution is 7.80. The van der Waals surface area contributed by atoms with Crippen molar-refractivity contribution in [3.05, 3.63) is 67.0 Å².